The molecule has 0 saturated heterocycles. The summed E-state index contributed by atoms with van der Waals surface area (Å²) in [5, 5.41) is 6.28. The lowest BCUT2D eigenvalue weighted by atomic mass is 9.97. The molecule has 1 aromatic carbocycles. The molecule has 1 amide bonds. The van der Waals surface area contributed by atoms with Gasteiger partial charge in [-0.1, -0.05) is 29.3 Å². The van der Waals surface area contributed by atoms with Gasteiger partial charge in [-0.15, -0.1) is 0 Å². The van der Waals surface area contributed by atoms with Crippen LogP contribution in [0.25, 0.3) is 0 Å². The number of benzene rings is 1. The zero-order chi connectivity index (χ0) is 14.9. The first-order valence-electron chi connectivity index (χ1n) is 7.99. The fourth-order valence-electron chi connectivity index (χ4n) is 2.57. The Morgan fingerprint density at radius 2 is 1.95 bits per heavy atom. The Balaban J connectivity index is 1.56. The van der Waals surface area contributed by atoms with Crippen LogP contribution in [-0.2, 0) is 4.79 Å². The molecule has 0 unspecified atom stereocenters. The number of anilines is 1. The van der Waals surface area contributed by atoms with Crippen molar-refractivity contribution in [3.63, 3.8) is 0 Å². The summed E-state index contributed by atoms with van der Waals surface area (Å²) >= 11 is 0. The zero-order valence-electron chi connectivity index (χ0n) is 13.0. The van der Waals surface area contributed by atoms with Gasteiger partial charge in [0.2, 0.25) is 5.91 Å². The van der Waals surface area contributed by atoms with Crippen LogP contribution in [0.3, 0.4) is 0 Å². The van der Waals surface area contributed by atoms with Gasteiger partial charge in [0.15, 0.2) is 0 Å². The van der Waals surface area contributed by atoms with E-state index in [2.05, 4.69) is 16.7 Å². The molecule has 0 heterocycles. The predicted octanol–water partition coefficient (Wildman–Crippen LogP) is 3.80. The number of hydrogen-bond acceptors (Lipinski definition) is 2. The Morgan fingerprint density at radius 3 is 2.67 bits per heavy atom. The molecule has 0 fully saturated rings. The van der Waals surface area contributed by atoms with Crippen molar-refractivity contribution in [1.29, 1.82) is 0 Å². The molecule has 0 spiro atoms. The van der Waals surface area contributed by atoms with Crippen LogP contribution in [0.4, 0.5) is 5.69 Å². The standard InChI is InChI=1S/C18H26N2O/c1-15-7-9-17(10-8-15)20-18(21)12-14-19-13-11-16-5-3-2-4-6-16/h5,7-10,19H,2-4,6,11-14H2,1H3,(H,20,21). The van der Waals surface area contributed by atoms with Crippen molar-refractivity contribution in [1.82, 2.24) is 5.32 Å². The summed E-state index contributed by atoms with van der Waals surface area (Å²) in [6, 6.07) is 7.89. The Hall–Kier alpha value is -1.61. The van der Waals surface area contributed by atoms with Crippen LogP contribution in [0.1, 0.15) is 44.1 Å². The van der Waals surface area contributed by atoms with E-state index in [-0.39, 0.29) is 5.91 Å². The number of nitrogens with one attached hydrogen (secondary N) is 2. The van der Waals surface area contributed by atoms with Gasteiger partial charge in [-0.2, -0.15) is 0 Å². The first kappa shape index (κ1) is 15.8. The number of rotatable bonds is 7. The Bertz CT molecular complexity index is 476. The summed E-state index contributed by atoms with van der Waals surface area (Å²) in [4.78, 5) is 11.8. The molecule has 114 valence electrons. The Labute approximate surface area is 127 Å². The van der Waals surface area contributed by atoms with Gasteiger partial charge >= 0.3 is 0 Å². The van der Waals surface area contributed by atoms with Crippen LogP contribution in [0.15, 0.2) is 35.9 Å². The highest BCUT2D eigenvalue weighted by Gasteiger charge is 2.04. The maximum atomic E-state index is 11.8. The first-order valence-corrected chi connectivity index (χ1v) is 7.99. The van der Waals surface area contributed by atoms with Crippen molar-refractivity contribution in [3.8, 4) is 0 Å². The lowest BCUT2D eigenvalue weighted by Crippen LogP contribution is -2.23. The van der Waals surface area contributed by atoms with Crippen LogP contribution in [0, 0.1) is 6.92 Å². The van der Waals surface area contributed by atoms with E-state index in [0.717, 1.165) is 25.2 Å². The number of amides is 1. The van der Waals surface area contributed by atoms with Crippen molar-refractivity contribution in [3.05, 3.63) is 41.5 Å². The molecular weight excluding hydrogens is 260 g/mol. The van der Waals surface area contributed by atoms with Crippen molar-refractivity contribution >= 4 is 11.6 Å². The fourth-order valence-corrected chi connectivity index (χ4v) is 2.57. The molecule has 0 aliphatic heterocycles. The van der Waals surface area contributed by atoms with Crippen molar-refractivity contribution < 1.29 is 4.79 Å². The quantitative estimate of drug-likeness (QED) is 0.591. The number of allylic oxidation sites excluding steroid dienone is 1. The predicted molar refractivity (Wildman–Crippen MR) is 88.5 cm³/mol. The molecule has 0 saturated carbocycles. The summed E-state index contributed by atoms with van der Waals surface area (Å²) in [7, 11) is 0. The molecule has 2 rings (SSSR count). The molecule has 1 aliphatic carbocycles. The smallest absolute Gasteiger partial charge is 0.225 e. The van der Waals surface area contributed by atoms with Gasteiger partial charge < -0.3 is 10.6 Å². The van der Waals surface area contributed by atoms with E-state index < -0.39 is 0 Å². The summed E-state index contributed by atoms with van der Waals surface area (Å²) in [5.74, 6) is 0.0724. The van der Waals surface area contributed by atoms with Gasteiger partial charge in [-0.05, 0) is 57.7 Å². The lowest BCUT2D eigenvalue weighted by molar-refractivity contribution is -0.116. The molecule has 3 nitrogen and oxygen atoms in total. The van der Waals surface area contributed by atoms with Crippen molar-refractivity contribution in [2.24, 2.45) is 0 Å². The van der Waals surface area contributed by atoms with E-state index in [1.807, 2.05) is 31.2 Å². The Morgan fingerprint density at radius 1 is 1.14 bits per heavy atom. The maximum Gasteiger partial charge on any atom is 0.225 e. The molecule has 2 N–H and O–H groups in total. The second kappa shape index (κ2) is 8.63. The minimum absolute atomic E-state index is 0.0724. The number of carbonyl (C=O) groups is 1. The van der Waals surface area contributed by atoms with E-state index in [4.69, 9.17) is 0 Å². The van der Waals surface area contributed by atoms with E-state index in [1.54, 1.807) is 5.57 Å². The maximum absolute atomic E-state index is 11.8. The molecule has 0 aromatic heterocycles. The van der Waals surface area contributed by atoms with Crippen LogP contribution in [0.2, 0.25) is 0 Å². The monoisotopic (exact) mass is 286 g/mol. The SMILES string of the molecule is Cc1ccc(NC(=O)CCNCCC2=CCCCC2)cc1. The third kappa shape index (κ3) is 6.13. The van der Waals surface area contributed by atoms with Crippen LogP contribution >= 0.6 is 0 Å². The van der Waals surface area contributed by atoms with Gasteiger partial charge in [0.1, 0.15) is 0 Å². The summed E-state index contributed by atoms with van der Waals surface area (Å²) in [6.45, 7) is 3.76. The number of aryl methyl sites for hydroxylation is 1. The second-order valence-corrected chi connectivity index (χ2v) is 5.77. The number of hydrogen-bond donors (Lipinski definition) is 2. The van der Waals surface area contributed by atoms with E-state index in [1.165, 1.54) is 31.2 Å². The van der Waals surface area contributed by atoms with E-state index >= 15 is 0 Å². The lowest BCUT2D eigenvalue weighted by Gasteiger charge is -2.12. The summed E-state index contributed by atoms with van der Waals surface area (Å²) in [6.07, 6.45) is 9.21. The van der Waals surface area contributed by atoms with Gasteiger partial charge in [0.05, 0.1) is 0 Å². The molecule has 21 heavy (non-hydrogen) atoms. The minimum Gasteiger partial charge on any atom is -0.326 e. The van der Waals surface area contributed by atoms with Gasteiger partial charge in [-0.3, -0.25) is 4.79 Å². The topological polar surface area (TPSA) is 41.1 Å². The minimum atomic E-state index is 0.0724. The van der Waals surface area contributed by atoms with Crippen LogP contribution < -0.4 is 10.6 Å². The fraction of sp³-hybridized carbons (Fsp3) is 0.500. The molecule has 1 aliphatic rings. The molecule has 0 radical (unpaired) electrons. The third-order valence-corrected chi connectivity index (χ3v) is 3.87. The molecule has 3 heteroatoms. The highest BCUT2D eigenvalue weighted by atomic mass is 16.1. The van der Waals surface area contributed by atoms with Crippen LogP contribution in [0.5, 0.6) is 0 Å². The second-order valence-electron chi connectivity index (χ2n) is 5.77. The Kier molecular flexibility index (Phi) is 6.48. The van der Waals surface area contributed by atoms with Gasteiger partial charge in [-0.25, -0.2) is 0 Å². The van der Waals surface area contributed by atoms with E-state index in [9.17, 15) is 4.79 Å². The molecule has 1 aromatic rings. The average molecular weight is 286 g/mol. The average Bonchev–Trinajstić information content (AvgIpc) is 2.50. The normalized spacial score (nSPS) is 14.6. The highest BCUT2D eigenvalue weighted by Crippen LogP contribution is 2.19. The van der Waals surface area contributed by atoms with Crippen molar-refractivity contribution in [2.75, 3.05) is 18.4 Å². The molecule has 0 bridgehead atoms. The number of carbonyl (C=O) groups excluding carboxylic acids is 1. The highest BCUT2D eigenvalue weighted by molar-refractivity contribution is 5.90. The first-order chi connectivity index (χ1) is 10.2. The van der Waals surface area contributed by atoms with Crippen molar-refractivity contribution in [2.45, 2.75) is 45.4 Å². The van der Waals surface area contributed by atoms with E-state index in [0.29, 0.717) is 6.42 Å². The molecular formula is C18H26N2O. The zero-order valence-corrected chi connectivity index (χ0v) is 13.0. The van der Waals surface area contributed by atoms with Crippen LogP contribution in [-0.4, -0.2) is 19.0 Å². The van der Waals surface area contributed by atoms with Gasteiger partial charge in [0.25, 0.3) is 0 Å². The van der Waals surface area contributed by atoms with Gasteiger partial charge in [0, 0.05) is 18.7 Å². The third-order valence-electron chi connectivity index (χ3n) is 3.87. The summed E-state index contributed by atoms with van der Waals surface area (Å²) in [5.41, 5.74) is 3.66. The largest absolute Gasteiger partial charge is 0.326 e. The summed E-state index contributed by atoms with van der Waals surface area (Å²) < 4.78 is 0. The molecule has 0 atom stereocenters.